The number of thiazole rings is 1. The third kappa shape index (κ3) is 5.47. The van der Waals surface area contributed by atoms with Crippen LogP contribution in [0, 0.1) is 0 Å². The van der Waals surface area contributed by atoms with Gasteiger partial charge in [-0.2, -0.15) is 0 Å². The molecule has 0 bridgehead atoms. The molecule has 1 atom stereocenters. The molecule has 1 unspecified atom stereocenters. The summed E-state index contributed by atoms with van der Waals surface area (Å²) in [6.07, 6.45) is -0.0157. The number of ether oxygens (including phenoxy) is 2. The van der Waals surface area contributed by atoms with E-state index in [1.807, 2.05) is 41.1 Å². The van der Waals surface area contributed by atoms with Crippen molar-refractivity contribution in [3.8, 4) is 9.88 Å². The minimum absolute atomic E-state index is 0.0157. The second-order valence-electron chi connectivity index (χ2n) is 7.01. The van der Waals surface area contributed by atoms with Crippen LogP contribution in [-0.2, 0) is 25.5 Å². The number of rotatable bonds is 8. The highest BCUT2D eigenvalue weighted by Crippen LogP contribution is 2.29. The Morgan fingerprint density at radius 2 is 1.91 bits per heavy atom. The third-order valence-corrected chi connectivity index (χ3v) is 6.70. The normalized spacial score (nSPS) is 15.5. The standard InChI is InChI=1S/C23H21N3O5S2/c1-2-30-22(28)19-16(25-23(29)26-20(19)14-7-4-3-5-8-14)12-31-18(27)11-15-13-33-21(24-15)17-9-6-10-32-17/h3-10,13,20H,2,11-12H2,1H3,(H2,25,26,29). The van der Waals surface area contributed by atoms with Crippen LogP contribution < -0.4 is 10.6 Å². The first-order valence-electron chi connectivity index (χ1n) is 10.2. The van der Waals surface area contributed by atoms with Crippen molar-refractivity contribution in [2.45, 2.75) is 19.4 Å². The van der Waals surface area contributed by atoms with Gasteiger partial charge in [-0.25, -0.2) is 14.6 Å². The minimum Gasteiger partial charge on any atom is -0.463 e. The minimum atomic E-state index is -0.723. The van der Waals surface area contributed by atoms with Crippen LogP contribution in [-0.4, -0.2) is 36.2 Å². The zero-order valence-electron chi connectivity index (χ0n) is 17.7. The molecule has 4 rings (SSSR count). The van der Waals surface area contributed by atoms with Crippen LogP contribution in [0.4, 0.5) is 4.79 Å². The third-order valence-electron chi connectivity index (χ3n) is 4.77. The number of urea groups is 1. The fourth-order valence-corrected chi connectivity index (χ4v) is 4.96. The molecular formula is C23H21N3O5S2. The van der Waals surface area contributed by atoms with Gasteiger partial charge in [-0.1, -0.05) is 36.4 Å². The van der Waals surface area contributed by atoms with Gasteiger partial charge >= 0.3 is 18.0 Å². The fourth-order valence-electron chi connectivity index (χ4n) is 3.33. The first kappa shape index (κ1) is 22.7. The van der Waals surface area contributed by atoms with Crippen molar-refractivity contribution < 1.29 is 23.9 Å². The van der Waals surface area contributed by atoms with Gasteiger partial charge in [-0.15, -0.1) is 22.7 Å². The highest BCUT2D eigenvalue weighted by Gasteiger charge is 2.34. The molecular weight excluding hydrogens is 462 g/mol. The maximum Gasteiger partial charge on any atom is 0.338 e. The number of benzene rings is 1. The first-order valence-corrected chi connectivity index (χ1v) is 12.0. The molecule has 0 saturated heterocycles. The van der Waals surface area contributed by atoms with Crippen molar-refractivity contribution >= 4 is 40.6 Å². The molecule has 170 valence electrons. The van der Waals surface area contributed by atoms with Crippen LogP contribution in [0.1, 0.15) is 24.2 Å². The van der Waals surface area contributed by atoms with E-state index in [9.17, 15) is 14.4 Å². The second-order valence-corrected chi connectivity index (χ2v) is 8.82. The van der Waals surface area contributed by atoms with Gasteiger partial charge in [0, 0.05) is 5.38 Å². The molecule has 2 amide bonds. The lowest BCUT2D eigenvalue weighted by atomic mass is 9.95. The van der Waals surface area contributed by atoms with Gasteiger partial charge in [0.15, 0.2) is 0 Å². The lowest BCUT2D eigenvalue weighted by molar-refractivity contribution is -0.143. The molecule has 0 saturated carbocycles. The van der Waals surface area contributed by atoms with E-state index >= 15 is 0 Å². The Hall–Kier alpha value is -3.50. The van der Waals surface area contributed by atoms with Gasteiger partial charge in [-0.05, 0) is 23.9 Å². The lowest BCUT2D eigenvalue weighted by Gasteiger charge is -2.29. The van der Waals surface area contributed by atoms with E-state index in [-0.39, 0.29) is 30.9 Å². The van der Waals surface area contributed by atoms with E-state index in [1.54, 1.807) is 30.4 Å². The smallest absolute Gasteiger partial charge is 0.338 e. The maximum atomic E-state index is 12.7. The number of hydrogen-bond acceptors (Lipinski definition) is 8. The Bertz CT molecular complexity index is 1170. The molecule has 3 aromatic rings. The average Bonchev–Trinajstić information content (AvgIpc) is 3.50. The van der Waals surface area contributed by atoms with Gasteiger partial charge in [0.2, 0.25) is 0 Å². The first-order chi connectivity index (χ1) is 16.0. The van der Waals surface area contributed by atoms with Crippen molar-refractivity contribution in [2.24, 2.45) is 0 Å². The van der Waals surface area contributed by atoms with Crippen molar-refractivity contribution in [2.75, 3.05) is 13.2 Å². The molecule has 0 aliphatic carbocycles. The summed E-state index contributed by atoms with van der Waals surface area (Å²) >= 11 is 3.04. The topological polar surface area (TPSA) is 107 Å². The summed E-state index contributed by atoms with van der Waals surface area (Å²) in [7, 11) is 0. The van der Waals surface area contributed by atoms with Crippen LogP contribution in [0.2, 0.25) is 0 Å². The number of aromatic nitrogens is 1. The molecule has 1 aromatic carbocycles. The Morgan fingerprint density at radius 1 is 1.09 bits per heavy atom. The molecule has 0 radical (unpaired) electrons. The van der Waals surface area contributed by atoms with Crippen molar-refractivity contribution in [3.05, 3.63) is 75.8 Å². The van der Waals surface area contributed by atoms with E-state index in [2.05, 4.69) is 15.6 Å². The monoisotopic (exact) mass is 483 g/mol. The molecule has 2 N–H and O–H groups in total. The molecule has 1 aliphatic rings. The van der Waals surface area contributed by atoms with Crippen molar-refractivity contribution in [1.29, 1.82) is 0 Å². The lowest BCUT2D eigenvalue weighted by Crippen LogP contribution is -2.47. The number of nitrogens with one attached hydrogen (secondary N) is 2. The number of carbonyl (C=O) groups excluding carboxylic acids is 3. The van der Waals surface area contributed by atoms with E-state index in [0.717, 1.165) is 9.88 Å². The zero-order chi connectivity index (χ0) is 23.2. The van der Waals surface area contributed by atoms with Crippen LogP contribution in [0.3, 0.4) is 0 Å². The van der Waals surface area contributed by atoms with Gasteiger partial charge in [-0.3, -0.25) is 4.79 Å². The Morgan fingerprint density at radius 3 is 2.64 bits per heavy atom. The predicted molar refractivity (Wildman–Crippen MR) is 125 cm³/mol. The molecule has 10 heteroatoms. The predicted octanol–water partition coefficient (Wildman–Crippen LogP) is 3.83. The van der Waals surface area contributed by atoms with Crippen LogP contribution in [0.15, 0.2) is 64.5 Å². The quantitative estimate of drug-likeness (QED) is 0.472. The molecule has 0 fully saturated rings. The summed E-state index contributed by atoms with van der Waals surface area (Å²) in [6, 6.07) is 11.7. The van der Waals surface area contributed by atoms with Gasteiger partial charge < -0.3 is 20.1 Å². The van der Waals surface area contributed by atoms with Crippen molar-refractivity contribution in [3.63, 3.8) is 0 Å². The summed E-state index contributed by atoms with van der Waals surface area (Å²) in [6.45, 7) is 1.59. The number of nitrogens with zero attached hydrogens (tertiary/aromatic N) is 1. The number of carbonyl (C=O) groups is 3. The molecule has 3 heterocycles. The number of hydrogen-bond donors (Lipinski definition) is 2. The molecule has 1 aliphatic heterocycles. The van der Waals surface area contributed by atoms with E-state index in [0.29, 0.717) is 11.3 Å². The number of esters is 2. The summed E-state index contributed by atoms with van der Waals surface area (Å²) in [5, 5.41) is 9.95. The van der Waals surface area contributed by atoms with Gasteiger partial charge in [0.05, 0.1) is 40.9 Å². The summed E-state index contributed by atoms with van der Waals surface area (Å²) in [5.74, 6) is -1.11. The SMILES string of the molecule is CCOC(=O)C1=C(COC(=O)Cc2csc(-c3cccs3)n2)NC(=O)NC1c1ccccc1. The zero-order valence-corrected chi connectivity index (χ0v) is 19.3. The van der Waals surface area contributed by atoms with Crippen LogP contribution in [0.25, 0.3) is 9.88 Å². The molecule has 2 aromatic heterocycles. The van der Waals surface area contributed by atoms with E-state index in [1.165, 1.54) is 11.3 Å². The Labute approximate surface area is 198 Å². The van der Waals surface area contributed by atoms with Crippen LogP contribution in [0.5, 0.6) is 0 Å². The molecule has 33 heavy (non-hydrogen) atoms. The highest BCUT2D eigenvalue weighted by molar-refractivity contribution is 7.20. The number of thiophene rings is 1. The maximum absolute atomic E-state index is 12.7. The molecule has 8 nitrogen and oxygen atoms in total. The van der Waals surface area contributed by atoms with E-state index in [4.69, 9.17) is 9.47 Å². The average molecular weight is 484 g/mol. The Kier molecular flexibility index (Phi) is 7.16. The summed E-state index contributed by atoms with van der Waals surface area (Å²) in [4.78, 5) is 43.0. The van der Waals surface area contributed by atoms with Crippen LogP contribution >= 0.6 is 22.7 Å². The highest BCUT2D eigenvalue weighted by atomic mass is 32.1. The van der Waals surface area contributed by atoms with Crippen molar-refractivity contribution in [1.82, 2.24) is 15.6 Å². The summed E-state index contributed by atoms with van der Waals surface area (Å²) < 4.78 is 10.6. The second kappa shape index (κ2) is 10.4. The summed E-state index contributed by atoms with van der Waals surface area (Å²) in [5.41, 5.74) is 1.70. The van der Waals surface area contributed by atoms with Gasteiger partial charge in [0.25, 0.3) is 0 Å². The van der Waals surface area contributed by atoms with E-state index < -0.39 is 24.0 Å². The number of amides is 2. The fraction of sp³-hybridized carbons (Fsp3) is 0.217. The largest absolute Gasteiger partial charge is 0.463 e. The Balaban J connectivity index is 1.50. The molecule has 0 spiro atoms. The van der Waals surface area contributed by atoms with Gasteiger partial charge in [0.1, 0.15) is 11.6 Å².